The van der Waals surface area contributed by atoms with E-state index in [1.807, 2.05) is 0 Å². The molecular formula is C14H20BrN3O3. The van der Waals surface area contributed by atoms with Gasteiger partial charge in [-0.15, -0.1) is 0 Å². The highest BCUT2D eigenvalue weighted by atomic mass is 79.9. The number of amides is 2. The Labute approximate surface area is 132 Å². The Morgan fingerprint density at radius 1 is 1.24 bits per heavy atom. The minimum absolute atomic E-state index is 0.272. The van der Waals surface area contributed by atoms with Gasteiger partial charge in [-0.05, 0) is 39.0 Å². The van der Waals surface area contributed by atoms with Crippen molar-refractivity contribution >= 4 is 33.6 Å². The third kappa shape index (κ3) is 6.48. The molecule has 2 amide bonds. The van der Waals surface area contributed by atoms with E-state index in [2.05, 4.69) is 26.6 Å². The predicted octanol–water partition coefficient (Wildman–Crippen LogP) is 2.29. The van der Waals surface area contributed by atoms with Gasteiger partial charge in [0.25, 0.3) is 5.91 Å². The molecule has 4 N–H and O–H groups in total. The molecule has 0 spiro atoms. The van der Waals surface area contributed by atoms with Crippen LogP contribution in [-0.4, -0.2) is 30.7 Å². The first-order valence-corrected chi connectivity index (χ1v) is 7.28. The van der Waals surface area contributed by atoms with E-state index in [9.17, 15) is 9.59 Å². The largest absolute Gasteiger partial charge is 0.444 e. The van der Waals surface area contributed by atoms with Crippen molar-refractivity contribution in [1.29, 1.82) is 0 Å². The van der Waals surface area contributed by atoms with Crippen molar-refractivity contribution in [2.24, 2.45) is 0 Å². The number of alkyl carbamates (subject to hydrolysis) is 1. The zero-order valence-corrected chi connectivity index (χ0v) is 13.9. The lowest BCUT2D eigenvalue weighted by Crippen LogP contribution is -2.38. The second kappa shape index (κ2) is 7.31. The van der Waals surface area contributed by atoms with Crippen LogP contribution in [0.5, 0.6) is 0 Å². The van der Waals surface area contributed by atoms with Gasteiger partial charge in [-0.2, -0.15) is 0 Å². The number of rotatable bonds is 4. The fourth-order valence-electron chi connectivity index (χ4n) is 1.48. The van der Waals surface area contributed by atoms with Crippen molar-refractivity contribution < 1.29 is 14.3 Å². The number of nitrogen functional groups attached to an aromatic ring is 1. The fraction of sp³-hybridized carbons (Fsp3) is 0.429. The molecule has 0 heterocycles. The van der Waals surface area contributed by atoms with Crippen molar-refractivity contribution in [3.05, 3.63) is 28.2 Å². The summed E-state index contributed by atoms with van der Waals surface area (Å²) in [6.45, 7) is 5.90. The molecule has 0 saturated carbocycles. The minimum Gasteiger partial charge on any atom is -0.444 e. The summed E-state index contributed by atoms with van der Waals surface area (Å²) < 4.78 is 5.85. The van der Waals surface area contributed by atoms with Gasteiger partial charge in [-0.25, -0.2) is 4.79 Å². The topological polar surface area (TPSA) is 93.5 Å². The quantitative estimate of drug-likeness (QED) is 0.569. The summed E-state index contributed by atoms with van der Waals surface area (Å²) in [6, 6.07) is 5.06. The number of carbonyl (C=O) groups excluding carboxylic acids is 2. The van der Waals surface area contributed by atoms with Gasteiger partial charge in [-0.1, -0.05) is 15.9 Å². The number of nitrogens with one attached hydrogen (secondary N) is 2. The summed E-state index contributed by atoms with van der Waals surface area (Å²) in [5.41, 5.74) is 5.99. The van der Waals surface area contributed by atoms with Crippen molar-refractivity contribution in [3.8, 4) is 0 Å². The predicted molar refractivity (Wildman–Crippen MR) is 85.1 cm³/mol. The molecule has 0 unspecified atom stereocenters. The zero-order valence-electron chi connectivity index (χ0n) is 12.3. The van der Waals surface area contributed by atoms with Crippen LogP contribution in [0.1, 0.15) is 31.1 Å². The third-order valence-corrected chi connectivity index (χ3v) is 2.83. The molecule has 0 bridgehead atoms. The number of hydrogen-bond donors (Lipinski definition) is 3. The van der Waals surface area contributed by atoms with E-state index in [-0.39, 0.29) is 19.0 Å². The first-order chi connectivity index (χ1) is 9.69. The van der Waals surface area contributed by atoms with Crippen molar-refractivity contribution in [3.63, 3.8) is 0 Å². The number of hydrogen-bond acceptors (Lipinski definition) is 4. The van der Waals surface area contributed by atoms with Crippen molar-refractivity contribution in [2.75, 3.05) is 18.8 Å². The van der Waals surface area contributed by atoms with Gasteiger partial charge >= 0.3 is 6.09 Å². The molecule has 0 aliphatic carbocycles. The van der Waals surface area contributed by atoms with E-state index in [0.29, 0.717) is 11.3 Å². The fourth-order valence-corrected chi connectivity index (χ4v) is 1.84. The Morgan fingerprint density at radius 3 is 2.48 bits per heavy atom. The van der Waals surface area contributed by atoms with Crippen molar-refractivity contribution in [2.45, 2.75) is 26.4 Å². The van der Waals surface area contributed by atoms with Gasteiger partial charge in [0, 0.05) is 23.2 Å². The molecule has 6 nitrogen and oxygen atoms in total. The molecule has 0 aliphatic heterocycles. The summed E-state index contributed by atoms with van der Waals surface area (Å²) in [7, 11) is 0. The Kier molecular flexibility index (Phi) is 6.02. The number of nitrogens with two attached hydrogens (primary N) is 1. The van der Waals surface area contributed by atoms with Crippen LogP contribution in [0.4, 0.5) is 10.5 Å². The van der Waals surface area contributed by atoms with E-state index in [1.165, 1.54) is 0 Å². The van der Waals surface area contributed by atoms with Crippen molar-refractivity contribution in [1.82, 2.24) is 10.6 Å². The molecule has 0 radical (unpaired) electrons. The number of halogens is 1. The van der Waals surface area contributed by atoms with E-state index < -0.39 is 11.7 Å². The number of anilines is 1. The Hall–Kier alpha value is -1.76. The van der Waals surface area contributed by atoms with Gasteiger partial charge < -0.3 is 21.1 Å². The summed E-state index contributed by atoms with van der Waals surface area (Å²) in [4.78, 5) is 23.3. The molecule has 1 rings (SSSR count). The summed E-state index contributed by atoms with van der Waals surface area (Å²) in [6.07, 6.45) is -0.515. The smallest absolute Gasteiger partial charge is 0.407 e. The molecule has 0 atom stereocenters. The lowest BCUT2D eigenvalue weighted by Gasteiger charge is -2.19. The highest BCUT2D eigenvalue weighted by Gasteiger charge is 2.15. The van der Waals surface area contributed by atoms with Crippen LogP contribution in [0.2, 0.25) is 0 Å². The summed E-state index contributed by atoms with van der Waals surface area (Å²) >= 11 is 3.28. The van der Waals surface area contributed by atoms with E-state index in [1.54, 1.807) is 39.0 Å². The van der Waals surface area contributed by atoms with Crippen LogP contribution < -0.4 is 16.4 Å². The highest BCUT2D eigenvalue weighted by molar-refractivity contribution is 9.10. The summed E-state index contributed by atoms with van der Waals surface area (Å²) in [5, 5.41) is 5.23. The van der Waals surface area contributed by atoms with Gasteiger partial charge in [0.2, 0.25) is 0 Å². The molecule has 0 aliphatic rings. The van der Waals surface area contributed by atoms with Gasteiger partial charge in [0.05, 0.1) is 5.56 Å². The maximum atomic E-state index is 11.9. The molecular weight excluding hydrogens is 338 g/mol. The number of carbonyl (C=O) groups is 2. The first kappa shape index (κ1) is 17.3. The normalized spacial score (nSPS) is 10.9. The number of benzene rings is 1. The third-order valence-electron chi connectivity index (χ3n) is 2.34. The maximum Gasteiger partial charge on any atom is 0.407 e. The van der Waals surface area contributed by atoms with Crippen LogP contribution in [0, 0.1) is 0 Å². The Balaban J connectivity index is 2.38. The SMILES string of the molecule is CC(C)(C)OC(=O)NCCNC(=O)c1cc(Br)ccc1N. The maximum absolute atomic E-state index is 11.9. The molecule has 0 fully saturated rings. The monoisotopic (exact) mass is 357 g/mol. The number of ether oxygens (including phenoxy) is 1. The second-order valence-electron chi connectivity index (χ2n) is 5.42. The van der Waals surface area contributed by atoms with Crippen LogP contribution in [0.15, 0.2) is 22.7 Å². The molecule has 21 heavy (non-hydrogen) atoms. The highest BCUT2D eigenvalue weighted by Crippen LogP contribution is 2.18. The van der Waals surface area contributed by atoms with Gasteiger partial charge in [0.15, 0.2) is 0 Å². The molecule has 1 aromatic carbocycles. The Morgan fingerprint density at radius 2 is 1.86 bits per heavy atom. The average Bonchev–Trinajstić information content (AvgIpc) is 2.35. The minimum atomic E-state index is -0.544. The second-order valence-corrected chi connectivity index (χ2v) is 6.33. The van der Waals surface area contributed by atoms with Crippen LogP contribution >= 0.6 is 15.9 Å². The lowest BCUT2D eigenvalue weighted by atomic mass is 10.1. The molecule has 116 valence electrons. The molecule has 0 aromatic heterocycles. The van der Waals surface area contributed by atoms with Crippen LogP contribution in [0.25, 0.3) is 0 Å². The average molecular weight is 358 g/mol. The van der Waals surface area contributed by atoms with Crippen LogP contribution in [-0.2, 0) is 4.74 Å². The zero-order chi connectivity index (χ0) is 16.0. The standard InChI is InChI=1S/C14H20BrN3O3/c1-14(2,3)21-13(20)18-7-6-17-12(19)10-8-9(15)4-5-11(10)16/h4-5,8H,6-7,16H2,1-3H3,(H,17,19)(H,18,20). The molecule has 0 saturated heterocycles. The molecule has 7 heteroatoms. The van der Waals surface area contributed by atoms with Crippen LogP contribution in [0.3, 0.4) is 0 Å². The van der Waals surface area contributed by atoms with E-state index >= 15 is 0 Å². The summed E-state index contributed by atoms with van der Waals surface area (Å²) in [5.74, 6) is -0.292. The first-order valence-electron chi connectivity index (χ1n) is 6.49. The Bertz CT molecular complexity index is 527. The van der Waals surface area contributed by atoms with Gasteiger partial charge in [-0.3, -0.25) is 4.79 Å². The van der Waals surface area contributed by atoms with E-state index in [0.717, 1.165) is 4.47 Å². The van der Waals surface area contributed by atoms with Gasteiger partial charge in [0.1, 0.15) is 5.60 Å². The lowest BCUT2D eigenvalue weighted by molar-refractivity contribution is 0.0526. The molecule has 1 aromatic rings. The van der Waals surface area contributed by atoms with E-state index in [4.69, 9.17) is 10.5 Å².